The summed E-state index contributed by atoms with van der Waals surface area (Å²) in [5, 5.41) is 3.69. The highest BCUT2D eigenvalue weighted by molar-refractivity contribution is 5.96. The Labute approximate surface area is 148 Å². The largest absolute Gasteiger partial charge is 0.493 e. The molecule has 5 nitrogen and oxygen atoms in total. The van der Waals surface area contributed by atoms with Gasteiger partial charge in [0, 0.05) is 28.4 Å². The van der Waals surface area contributed by atoms with Crippen LogP contribution in [0.5, 0.6) is 11.5 Å². The van der Waals surface area contributed by atoms with E-state index in [1.54, 1.807) is 6.07 Å². The van der Waals surface area contributed by atoms with Crippen LogP contribution in [-0.4, -0.2) is 24.6 Å². The quantitative estimate of drug-likeness (QED) is 0.690. The molecule has 0 aliphatic carbocycles. The molecular weight excluding hydrogens is 342 g/mol. The fraction of sp³-hybridized carbons (Fsp3) is 0.211. The molecule has 3 rings (SSSR count). The SMILES string of the molecule is COc1ccc(NC(=O)Cc2c(C)[nH]c3ccccc23)cc1OC(F)F. The number of fused-ring (bicyclic) bond motifs is 1. The predicted molar refractivity (Wildman–Crippen MR) is 95.0 cm³/mol. The van der Waals surface area contributed by atoms with Crippen LogP contribution in [0.4, 0.5) is 14.5 Å². The van der Waals surface area contributed by atoms with Gasteiger partial charge in [-0.1, -0.05) is 18.2 Å². The number of nitrogens with one attached hydrogen (secondary N) is 2. The summed E-state index contributed by atoms with van der Waals surface area (Å²) in [4.78, 5) is 15.7. The van der Waals surface area contributed by atoms with Gasteiger partial charge in [-0.05, 0) is 30.7 Å². The molecule has 0 saturated carbocycles. The number of rotatable bonds is 6. The van der Waals surface area contributed by atoms with Gasteiger partial charge in [0.1, 0.15) is 0 Å². The number of aromatic nitrogens is 1. The Morgan fingerprint density at radius 1 is 1.19 bits per heavy atom. The number of hydrogen-bond acceptors (Lipinski definition) is 3. The van der Waals surface area contributed by atoms with Crippen molar-refractivity contribution in [1.82, 2.24) is 4.98 Å². The van der Waals surface area contributed by atoms with E-state index >= 15 is 0 Å². The van der Waals surface area contributed by atoms with Crippen LogP contribution in [0.2, 0.25) is 0 Å². The van der Waals surface area contributed by atoms with E-state index in [0.717, 1.165) is 22.2 Å². The van der Waals surface area contributed by atoms with E-state index < -0.39 is 6.61 Å². The minimum absolute atomic E-state index is 0.136. The fourth-order valence-electron chi connectivity index (χ4n) is 2.87. The first kappa shape index (κ1) is 17.7. The van der Waals surface area contributed by atoms with E-state index in [2.05, 4.69) is 15.0 Å². The Bertz CT molecular complexity index is 938. The summed E-state index contributed by atoms with van der Waals surface area (Å²) in [7, 11) is 1.35. The molecule has 0 atom stereocenters. The van der Waals surface area contributed by atoms with Crippen molar-refractivity contribution < 1.29 is 23.0 Å². The topological polar surface area (TPSA) is 63.3 Å². The Hall–Kier alpha value is -3.09. The first-order valence-corrected chi connectivity index (χ1v) is 7.97. The molecule has 26 heavy (non-hydrogen) atoms. The number of alkyl halides is 2. The summed E-state index contributed by atoms with van der Waals surface area (Å²) in [5.41, 5.74) is 3.13. The Kier molecular flexibility index (Phi) is 5.06. The molecule has 0 bridgehead atoms. The van der Waals surface area contributed by atoms with E-state index in [9.17, 15) is 13.6 Å². The first-order valence-electron chi connectivity index (χ1n) is 7.97. The molecule has 0 saturated heterocycles. The number of aryl methyl sites for hydroxylation is 1. The third kappa shape index (κ3) is 3.77. The van der Waals surface area contributed by atoms with E-state index in [4.69, 9.17) is 4.74 Å². The number of amides is 1. The molecule has 0 radical (unpaired) electrons. The van der Waals surface area contributed by atoms with Crippen molar-refractivity contribution in [2.24, 2.45) is 0 Å². The molecule has 0 spiro atoms. The summed E-state index contributed by atoms with van der Waals surface area (Å²) in [5.74, 6) is -0.231. The molecule has 1 amide bonds. The minimum atomic E-state index is -2.98. The number of benzene rings is 2. The van der Waals surface area contributed by atoms with Gasteiger partial charge in [0.2, 0.25) is 5.91 Å². The first-order chi connectivity index (χ1) is 12.5. The van der Waals surface area contributed by atoms with Gasteiger partial charge < -0.3 is 19.8 Å². The van der Waals surface area contributed by atoms with E-state index in [-0.39, 0.29) is 23.8 Å². The fourth-order valence-corrected chi connectivity index (χ4v) is 2.87. The normalized spacial score (nSPS) is 11.0. The zero-order valence-corrected chi connectivity index (χ0v) is 14.3. The van der Waals surface area contributed by atoms with Gasteiger partial charge in [-0.15, -0.1) is 0 Å². The number of anilines is 1. The number of aromatic amines is 1. The molecule has 1 aromatic heterocycles. The van der Waals surface area contributed by atoms with E-state index in [0.29, 0.717) is 5.69 Å². The Morgan fingerprint density at radius 3 is 2.69 bits per heavy atom. The van der Waals surface area contributed by atoms with Crippen molar-refractivity contribution in [3.63, 3.8) is 0 Å². The number of para-hydroxylation sites is 1. The Morgan fingerprint density at radius 2 is 1.96 bits per heavy atom. The molecule has 0 aliphatic rings. The molecule has 1 heterocycles. The molecule has 2 N–H and O–H groups in total. The molecule has 2 aromatic carbocycles. The number of carbonyl (C=O) groups excluding carboxylic acids is 1. The summed E-state index contributed by atoms with van der Waals surface area (Å²) >= 11 is 0. The highest BCUT2D eigenvalue weighted by Crippen LogP contribution is 2.31. The van der Waals surface area contributed by atoms with Crippen molar-refractivity contribution in [3.8, 4) is 11.5 Å². The monoisotopic (exact) mass is 360 g/mol. The maximum Gasteiger partial charge on any atom is 0.387 e. The minimum Gasteiger partial charge on any atom is -0.493 e. The van der Waals surface area contributed by atoms with Crippen molar-refractivity contribution in [2.75, 3.05) is 12.4 Å². The second kappa shape index (κ2) is 7.43. The van der Waals surface area contributed by atoms with Crippen LogP contribution in [-0.2, 0) is 11.2 Å². The maximum absolute atomic E-state index is 12.5. The van der Waals surface area contributed by atoms with Crippen molar-refractivity contribution in [3.05, 3.63) is 53.7 Å². The van der Waals surface area contributed by atoms with Crippen LogP contribution in [0, 0.1) is 6.92 Å². The average Bonchev–Trinajstić information content (AvgIpc) is 2.90. The average molecular weight is 360 g/mol. The summed E-state index contributed by atoms with van der Waals surface area (Å²) in [6.07, 6.45) is 0.160. The second-order valence-corrected chi connectivity index (χ2v) is 5.74. The number of hydrogen-bond donors (Lipinski definition) is 2. The van der Waals surface area contributed by atoms with Crippen LogP contribution < -0.4 is 14.8 Å². The van der Waals surface area contributed by atoms with Gasteiger partial charge in [-0.3, -0.25) is 4.79 Å². The van der Waals surface area contributed by atoms with Gasteiger partial charge in [-0.2, -0.15) is 8.78 Å². The predicted octanol–water partition coefficient (Wildman–Crippen LogP) is 4.27. The van der Waals surface area contributed by atoms with Crippen molar-refractivity contribution in [2.45, 2.75) is 20.0 Å². The summed E-state index contributed by atoms with van der Waals surface area (Å²) in [6, 6.07) is 12.1. The lowest BCUT2D eigenvalue weighted by Gasteiger charge is -2.12. The molecular formula is C19H18F2N2O3. The lowest BCUT2D eigenvalue weighted by molar-refractivity contribution is -0.115. The molecule has 0 unspecified atom stereocenters. The summed E-state index contributed by atoms with van der Waals surface area (Å²) < 4.78 is 34.4. The van der Waals surface area contributed by atoms with Crippen LogP contribution in [0.25, 0.3) is 10.9 Å². The van der Waals surface area contributed by atoms with Gasteiger partial charge in [-0.25, -0.2) is 0 Å². The van der Waals surface area contributed by atoms with E-state index in [1.165, 1.54) is 19.2 Å². The van der Waals surface area contributed by atoms with Gasteiger partial charge in [0.15, 0.2) is 11.5 Å². The molecule has 0 fully saturated rings. The molecule has 3 aromatic rings. The molecule has 0 aliphatic heterocycles. The van der Waals surface area contributed by atoms with Crippen LogP contribution in [0.15, 0.2) is 42.5 Å². The zero-order chi connectivity index (χ0) is 18.7. The summed E-state index contributed by atoms with van der Waals surface area (Å²) in [6.45, 7) is -1.08. The van der Waals surface area contributed by atoms with E-state index in [1.807, 2.05) is 31.2 Å². The lowest BCUT2D eigenvalue weighted by atomic mass is 10.1. The zero-order valence-electron chi connectivity index (χ0n) is 14.3. The highest BCUT2D eigenvalue weighted by atomic mass is 19.3. The molecule has 136 valence electrons. The second-order valence-electron chi connectivity index (χ2n) is 5.74. The molecule has 7 heteroatoms. The highest BCUT2D eigenvalue weighted by Gasteiger charge is 2.15. The lowest BCUT2D eigenvalue weighted by Crippen LogP contribution is -2.15. The van der Waals surface area contributed by atoms with Gasteiger partial charge in [0.05, 0.1) is 13.5 Å². The number of methoxy groups -OCH3 is 1. The third-order valence-corrected chi connectivity index (χ3v) is 4.03. The third-order valence-electron chi connectivity index (χ3n) is 4.03. The smallest absolute Gasteiger partial charge is 0.387 e. The van der Waals surface area contributed by atoms with Gasteiger partial charge >= 0.3 is 6.61 Å². The number of H-pyrrole nitrogens is 1. The number of halogens is 2. The number of carbonyl (C=O) groups is 1. The number of ether oxygens (including phenoxy) is 2. The van der Waals surface area contributed by atoms with Gasteiger partial charge in [0.25, 0.3) is 0 Å². The standard InChI is InChI=1S/C19H18F2N2O3/c1-11-14(13-5-3-4-6-15(13)22-11)10-18(24)23-12-7-8-16(25-2)17(9-12)26-19(20)21/h3-9,19,22H,10H2,1-2H3,(H,23,24). The maximum atomic E-state index is 12.5. The Balaban J connectivity index is 1.78. The van der Waals surface area contributed by atoms with Crippen LogP contribution in [0.1, 0.15) is 11.3 Å². The van der Waals surface area contributed by atoms with Crippen LogP contribution >= 0.6 is 0 Å². The van der Waals surface area contributed by atoms with Crippen LogP contribution in [0.3, 0.4) is 0 Å². The van der Waals surface area contributed by atoms with Crippen molar-refractivity contribution in [1.29, 1.82) is 0 Å². The van der Waals surface area contributed by atoms with Crippen molar-refractivity contribution >= 4 is 22.5 Å².